The number of rotatable bonds is 3. The molecular weight excluding hydrogens is 356 g/mol. The van der Waals surface area contributed by atoms with Crippen LogP contribution in [-0.2, 0) is 6.54 Å². The summed E-state index contributed by atoms with van der Waals surface area (Å²) < 4.78 is 39.8. The van der Waals surface area contributed by atoms with Gasteiger partial charge in [-0.25, -0.2) is 9.78 Å². The molecule has 0 saturated carbocycles. The van der Waals surface area contributed by atoms with Crippen LogP contribution in [0.3, 0.4) is 0 Å². The van der Waals surface area contributed by atoms with Crippen molar-refractivity contribution in [2.24, 2.45) is 5.73 Å². The van der Waals surface area contributed by atoms with Crippen LogP contribution in [0, 0.1) is 3.57 Å². The van der Waals surface area contributed by atoms with E-state index in [2.05, 4.69) is 9.72 Å². The van der Waals surface area contributed by atoms with E-state index in [-0.39, 0.29) is 15.8 Å². The van der Waals surface area contributed by atoms with E-state index in [0.29, 0.717) is 0 Å². The zero-order chi connectivity index (χ0) is 13.2. The molecule has 0 bridgehead atoms. The molecule has 0 amide bonds. The highest BCUT2D eigenvalue weighted by Crippen LogP contribution is 2.30. The Balaban J connectivity index is 3.32. The quantitative estimate of drug-likeness (QED) is 0.801. The molecule has 0 unspecified atom stereocenters. The number of halogens is 4. The third kappa shape index (κ3) is 3.70. The van der Waals surface area contributed by atoms with Crippen LogP contribution >= 0.6 is 22.6 Å². The predicted octanol–water partition coefficient (Wildman–Crippen LogP) is 1.74. The van der Waals surface area contributed by atoms with E-state index in [1.807, 2.05) is 0 Å². The highest BCUT2D eigenvalue weighted by Gasteiger charge is 2.35. The van der Waals surface area contributed by atoms with Crippen molar-refractivity contribution in [3.05, 3.63) is 21.0 Å². The number of pyridine rings is 1. The SMILES string of the molecule is NCc1cc(I)c(OC(F)(F)F)c(C(=O)O)n1. The molecule has 1 aromatic rings. The lowest BCUT2D eigenvalue weighted by molar-refractivity contribution is -0.275. The molecule has 1 rings (SSSR count). The predicted molar refractivity (Wildman–Crippen MR) is 58.5 cm³/mol. The summed E-state index contributed by atoms with van der Waals surface area (Å²) in [4.78, 5) is 14.3. The summed E-state index contributed by atoms with van der Waals surface area (Å²) in [7, 11) is 0. The van der Waals surface area contributed by atoms with E-state index in [9.17, 15) is 18.0 Å². The highest BCUT2D eigenvalue weighted by molar-refractivity contribution is 14.1. The van der Waals surface area contributed by atoms with Crippen LogP contribution in [0.5, 0.6) is 5.75 Å². The van der Waals surface area contributed by atoms with Gasteiger partial charge in [-0.15, -0.1) is 13.2 Å². The smallest absolute Gasteiger partial charge is 0.476 e. The number of aromatic nitrogens is 1. The molecule has 1 heterocycles. The molecule has 0 aromatic carbocycles. The van der Waals surface area contributed by atoms with E-state index >= 15 is 0 Å². The largest absolute Gasteiger partial charge is 0.573 e. The molecule has 0 atom stereocenters. The van der Waals surface area contributed by atoms with Crippen LogP contribution in [0.25, 0.3) is 0 Å². The lowest BCUT2D eigenvalue weighted by Crippen LogP contribution is -2.21. The molecule has 0 aliphatic carbocycles. The Morgan fingerprint density at radius 3 is 2.59 bits per heavy atom. The standard InChI is InChI=1S/C8H6F3IN2O3/c9-8(10,11)17-6-4(12)1-3(2-13)14-5(6)7(15)16/h1H,2,13H2,(H,15,16). The van der Waals surface area contributed by atoms with Crippen molar-refractivity contribution in [1.29, 1.82) is 0 Å². The van der Waals surface area contributed by atoms with Gasteiger partial charge in [-0.05, 0) is 28.7 Å². The molecule has 3 N–H and O–H groups in total. The maximum Gasteiger partial charge on any atom is 0.573 e. The van der Waals surface area contributed by atoms with Gasteiger partial charge in [-0.3, -0.25) is 0 Å². The fourth-order valence-electron chi connectivity index (χ4n) is 1.01. The van der Waals surface area contributed by atoms with Gasteiger partial charge in [-0.2, -0.15) is 0 Å². The lowest BCUT2D eigenvalue weighted by atomic mass is 10.2. The normalized spacial score (nSPS) is 11.4. The lowest BCUT2D eigenvalue weighted by Gasteiger charge is -2.13. The van der Waals surface area contributed by atoms with Crippen LogP contribution in [0.2, 0.25) is 0 Å². The van der Waals surface area contributed by atoms with E-state index in [0.717, 1.165) is 0 Å². The number of carboxylic acids is 1. The van der Waals surface area contributed by atoms with Crippen LogP contribution in [-0.4, -0.2) is 22.4 Å². The molecule has 0 radical (unpaired) electrons. The Labute approximate surface area is 107 Å². The molecule has 94 valence electrons. The topological polar surface area (TPSA) is 85.4 Å². The number of nitrogens with zero attached hydrogens (tertiary/aromatic N) is 1. The minimum absolute atomic E-state index is 0.0206. The Morgan fingerprint density at radius 1 is 1.59 bits per heavy atom. The number of hydrogen-bond acceptors (Lipinski definition) is 4. The van der Waals surface area contributed by atoms with Gasteiger partial charge in [0.25, 0.3) is 0 Å². The molecule has 1 aromatic heterocycles. The number of ether oxygens (including phenoxy) is 1. The first-order valence-corrected chi connectivity index (χ1v) is 5.21. The second-order valence-corrected chi connectivity index (χ2v) is 3.99. The van der Waals surface area contributed by atoms with Crippen LogP contribution < -0.4 is 10.5 Å². The third-order valence-corrected chi connectivity index (χ3v) is 2.41. The number of carboxylic acid groups (broad SMARTS) is 1. The minimum Gasteiger partial charge on any atom is -0.476 e. The maximum atomic E-state index is 12.1. The zero-order valence-electron chi connectivity index (χ0n) is 8.08. The summed E-state index contributed by atoms with van der Waals surface area (Å²) in [6.07, 6.45) is -4.98. The maximum absolute atomic E-state index is 12.1. The molecule has 9 heteroatoms. The van der Waals surface area contributed by atoms with Gasteiger partial charge in [0.05, 0.1) is 9.26 Å². The minimum atomic E-state index is -4.98. The molecule has 0 fully saturated rings. The Morgan fingerprint density at radius 2 is 2.18 bits per heavy atom. The zero-order valence-corrected chi connectivity index (χ0v) is 10.2. The number of carbonyl (C=O) groups is 1. The summed E-state index contributed by atoms with van der Waals surface area (Å²) in [5.74, 6) is -2.44. The second-order valence-electron chi connectivity index (χ2n) is 2.83. The average molecular weight is 362 g/mol. The van der Waals surface area contributed by atoms with E-state index in [1.165, 1.54) is 28.7 Å². The van der Waals surface area contributed by atoms with Crippen molar-refractivity contribution < 1.29 is 27.8 Å². The van der Waals surface area contributed by atoms with Gasteiger partial charge in [0.2, 0.25) is 0 Å². The summed E-state index contributed by atoms with van der Waals surface area (Å²) >= 11 is 1.52. The van der Waals surface area contributed by atoms with E-state index in [4.69, 9.17) is 10.8 Å². The fraction of sp³-hybridized carbons (Fsp3) is 0.250. The number of nitrogens with two attached hydrogens (primary N) is 1. The van der Waals surface area contributed by atoms with Gasteiger partial charge >= 0.3 is 12.3 Å². The molecule has 5 nitrogen and oxygen atoms in total. The molecule has 0 saturated heterocycles. The van der Waals surface area contributed by atoms with Crippen LogP contribution in [0.15, 0.2) is 6.07 Å². The van der Waals surface area contributed by atoms with Crippen LogP contribution in [0.4, 0.5) is 13.2 Å². The molecule has 0 aliphatic heterocycles. The van der Waals surface area contributed by atoms with Gasteiger partial charge in [0, 0.05) is 6.54 Å². The van der Waals surface area contributed by atoms with Crippen molar-refractivity contribution in [3.63, 3.8) is 0 Å². The van der Waals surface area contributed by atoms with E-state index < -0.39 is 23.8 Å². The first-order valence-electron chi connectivity index (χ1n) is 4.13. The van der Waals surface area contributed by atoms with Crippen molar-refractivity contribution in [2.45, 2.75) is 12.9 Å². The Hall–Kier alpha value is -1.10. The van der Waals surface area contributed by atoms with E-state index in [1.54, 1.807) is 0 Å². The van der Waals surface area contributed by atoms with Gasteiger partial charge in [-0.1, -0.05) is 0 Å². The first-order chi connectivity index (χ1) is 7.74. The van der Waals surface area contributed by atoms with Gasteiger partial charge < -0.3 is 15.6 Å². The van der Waals surface area contributed by atoms with Crippen molar-refractivity contribution in [2.75, 3.05) is 0 Å². The molecule has 0 spiro atoms. The Bertz CT molecular complexity index is 450. The van der Waals surface area contributed by atoms with Crippen molar-refractivity contribution >= 4 is 28.6 Å². The third-order valence-electron chi connectivity index (χ3n) is 1.61. The molecule has 17 heavy (non-hydrogen) atoms. The van der Waals surface area contributed by atoms with Crippen molar-refractivity contribution in [3.8, 4) is 5.75 Å². The van der Waals surface area contributed by atoms with Gasteiger partial charge in [0.15, 0.2) is 11.4 Å². The Kier molecular flexibility index (Phi) is 4.14. The second kappa shape index (κ2) is 5.04. The molecular formula is C8H6F3IN2O3. The van der Waals surface area contributed by atoms with Crippen molar-refractivity contribution in [1.82, 2.24) is 4.98 Å². The number of alkyl halides is 3. The summed E-state index contributed by atoms with van der Waals surface area (Å²) in [6, 6.07) is 1.23. The first kappa shape index (κ1) is 14.0. The summed E-state index contributed by atoms with van der Waals surface area (Å²) in [5, 5.41) is 8.75. The summed E-state index contributed by atoms with van der Waals surface area (Å²) in [6.45, 7) is -0.0808. The number of aromatic carboxylic acids is 1. The fourth-order valence-corrected chi connectivity index (χ4v) is 1.74. The highest BCUT2D eigenvalue weighted by atomic mass is 127. The monoisotopic (exact) mass is 362 g/mol. The van der Waals surface area contributed by atoms with Gasteiger partial charge in [0.1, 0.15) is 0 Å². The number of hydrogen-bond donors (Lipinski definition) is 2. The van der Waals surface area contributed by atoms with Crippen LogP contribution in [0.1, 0.15) is 16.2 Å². The average Bonchev–Trinajstić information content (AvgIpc) is 2.18. The molecule has 0 aliphatic rings. The summed E-state index contributed by atoms with van der Waals surface area (Å²) in [5.41, 5.74) is 4.60.